The first kappa shape index (κ1) is 21.2. The summed E-state index contributed by atoms with van der Waals surface area (Å²) in [6.45, 7) is -0.496. The molecule has 6 nitrogen and oxygen atoms in total. The second-order valence-electron chi connectivity index (χ2n) is 8.02. The summed E-state index contributed by atoms with van der Waals surface area (Å²) in [6, 6.07) is 9.08. The first-order valence-electron chi connectivity index (χ1n) is 10.2. The lowest BCUT2D eigenvalue weighted by atomic mass is 9.86. The zero-order valence-corrected chi connectivity index (χ0v) is 16.8. The maximum absolute atomic E-state index is 15.3. The summed E-state index contributed by atoms with van der Waals surface area (Å²) in [6.07, 6.45) is -3.82. The van der Waals surface area contributed by atoms with Crippen LogP contribution in [0.15, 0.2) is 30.3 Å². The summed E-state index contributed by atoms with van der Waals surface area (Å²) in [7, 11) is 1.59. The summed E-state index contributed by atoms with van der Waals surface area (Å²) < 4.78 is 26.2. The fourth-order valence-electron chi connectivity index (χ4n) is 4.54. The fraction of sp³-hybridized carbons (Fsp3) is 0.478. The number of methoxy groups -OCH3 is 1. The normalized spacial score (nSPS) is 28.4. The van der Waals surface area contributed by atoms with Gasteiger partial charge in [-0.3, -0.25) is 0 Å². The third kappa shape index (κ3) is 3.72. The molecule has 1 aliphatic heterocycles. The van der Waals surface area contributed by atoms with Crippen LogP contribution in [0.4, 0.5) is 4.39 Å². The second kappa shape index (κ2) is 8.61. The van der Waals surface area contributed by atoms with Crippen LogP contribution in [0.25, 0.3) is 0 Å². The monoisotopic (exact) mass is 418 g/mol. The largest absolute Gasteiger partial charge is 0.497 e. The molecule has 0 saturated carbocycles. The summed E-state index contributed by atoms with van der Waals surface area (Å²) in [4.78, 5) is 0. The van der Waals surface area contributed by atoms with Crippen LogP contribution in [0.3, 0.4) is 0 Å². The number of halogens is 1. The van der Waals surface area contributed by atoms with Crippen LogP contribution >= 0.6 is 0 Å². The maximum atomic E-state index is 15.3. The van der Waals surface area contributed by atoms with Gasteiger partial charge in [-0.15, -0.1) is 0 Å². The molecule has 5 atom stereocenters. The SMILES string of the molecule is COc1ccc(Cc2cc(C3OC(CO)C(O)C(O)C3O)c3c(c2F)CCC3)cc1. The standard InChI is InChI=1S/C23H27FO6/c1-29-14-7-5-12(6-8-14)9-13-10-17(15-3-2-4-16(15)19(13)24)23-22(28)21(27)20(26)18(11-25)30-23/h5-8,10,18,20-23,25-28H,2-4,9,11H2,1H3. The summed E-state index contributed by atoms with van der Waals surface area (Å²) in [5, 5.41) is 40.4. The van der Waals surface area contributed by atoms with Crippen LogP contribution < -0.4 is 4.74 Å². The number of ether oxygens (including phenoxy) is 2. The van der Waals surface area contributed by atoms with Gasteiger partial charge in [0.15, 0.2) is 0 Å². The van der Waals surface area contributed by atoms with Crippen molar-refractivity contribution in [1.82, 2.24) is 0 Å². The number of hydrogen-bond donors (Lipinski definition) is 4. The maximum Gasteiger partial charge on any atom is 0.130 e. The Morgan fingerprint density at radius 2 is 1.73 bits per heavy atom. The molecule has 162 valence electrons. The predicted molar refractivity (Wildman–Crippen MR) is 107 cm³/mol. The van der Waals surface area contributed by atoms with Crippen LogP contribution in [-0.2, 0) is 24.0 Å². The van der Waals surface area contributed by atoms with Gasteiger partial charge in [0, 0.05) is 6.42 Å². The zero-order chi connectivity index (χ0) is 21.4. The number of hydrogen-bond acceptors (Lipinski definition) is 6. The molecule has 2 aromatic rings. The van der Waals surface area contributed by atoms with Crippen molar-refractivity contribution in [2.24, 2.45) is 0 Å². The second-order valence-corrected chi connectivity index (χ2v) is 8.02. The molecule has 2 aromatic carbocycles. The molecule has 0 spiro atoms. The van der Waals surface area contributed by atoms with Crippen molar-refractivity contribution in [3.8, 4) is 5.75 Å². The van der Waals surface area contributed by atoms with Gasteiger partial charge < -0.3 is 29.9 Å². The van der Waals surface area contributed by atoms with E-state index in [1.54, 1.807) is 13.2 Å². The van der Waals surface area contributed by atoms with Crippen LogP contribution in [0.1, 0.15) is 40.3 Å². The third-order valence-electron chi connectivity index (χ3n) is 6.20. The van der Waals surface area contributed by atoms with Crippen molar-refractivity contribution >= 4 is 0 Å². The average molecular weight is 418 g/mol. The molecule has 1 aliphatic carbocycles. The molecule has 7 heteroatoms. The Morgan fingerprint density at radius 1 is 1.03 bits per heavy atom. The Balaban J connectivity index is 1.73. The van der Waals surface area contributed by atoms with E-state index < -0.39 is 37.1 Å². The van der Waals surface area contributed by atoms with Crippen LogP contribution in [-0.4, -0.2) is 58.6 Å². The lowest BCUT2D eigenvalue weighted by molar-refractivity contribution is -0.231. The van der Waals surface area contributed by atoms with Crippen molar-refractivity contribution in [3.63, 3.8) is 0 Å². The van der Waals surface area contributed by atoms with E-state index in [4.69, 9.17) is 9.47 Å². The quantitative estimate of drug-likeness (QED) is 0.586. The van der Waals surface area contributed by atoms with Gasteiger partial charge in [-0.1, -0.05) is 12.1 Å². The predicted octanol–water partition coefficient (Wildman–Crippen LogP) is 1.43. The smallest absolute Gasteiger partial charge is 0.130 e. The number of aliphatic hydroxyl groups excluding tert-OH is 4. The highest BCUT2D eigenvalue weighted by Crippen LogP contribution is 2.40. The van der Waals surface area contributed by atoms with Gasteiger partial charge >= 0.3 is 0 Å². The van der Waals surface area contributed by atoms with Gasteiger partial charge in [0.1, 0.15) is 42.1 Å². The number of benzene rings is 2. The Morgan fingerprint density at radius 3 is 2.40 bits per heavy atom. The molecule has 2 aliphatic rings. The van der Waals surface area contributed by atoms with E-state index >= 15 is 4.39 Å². The molecule has 1 saturated heterocycles. The van der Waals surface area contributed by atoms with E-state index in [1.165, 1.54) is 0 Å². The van der Waals surface area contributed by atoms with Crippen molar-refractivity contribution in [2.75, 3.05) is 13.7 Å². The van der Waals surface area contributed by atoms with Gasteiger partial charge in [0.05, 0.1) is 13.7 Å². The minimum Gasteiger partial charge on any atom is -0.497 e. The van der Waals surface area contributed by atoms with Gasteiger partial charge in [-0.2, -0.15) is 0 Å². The molecular formula is C23H27FO6. The van der Waals surface area contributed by atoms with Crippen LogP contribution in [0.5, 0.6) is 5.75 Å². The molecule has 0 radical (unpaired) electrons. The Kier molecular flexibility index (Phi) is 6.09. The van der Waals surface area contributed by atoms with Crippen molar-refractivity contribution in [1.29, 1.82) is 0 Å². The average Bonchev–Trinajstić information content (AvgIpc) is 3.26. The Hall–Kier alpha value is -2.03. The summed E-state index contributed by atoms with van der Waals surface area (Å²) in [5.41, 5.74) is 3.41. The number of rotatable bonds is 5. The van der Waals surface area contributed by atoms with E-state index in [0.29, 0.717) is 36.0 Å². The topological polar surface area (TPSA) is 99.4 Å². The highest BCUT2D eigenvalue weighted by Gasteiger charge is 2.45. The van der Waals surface area contributed by atoms with Crippen molar-refractivity contribution in [2.45, 2.75) is 56.2 Å². The van der Waals surface area contributed by atoms with E-state index in [-0.39, 0.29) is 5.82 Å². The summed E-state index contributed by atoms with van der Waals surface area (Å²) in [5.74, 6) is 0.474. The molecular weight excluding hydrogens is 391 g/mol. The molecule has 0 aromatic heterocycles. The fourth-order valence-corrected chi connectivity index (χ4v) is 4.54. The molecule has 4 rings (SSSR count). The molecule has 5 unspecified atom stereocenters. The molecule has 1 fully saturated rings. The molecule has 4 N–H and O–H groups in total. The van der Waals surface area contributed by atoms with E-state index in [9.17, 15) is 20.4 Å². The lowest BCUT2D eigenvalue weighted by Crippen LogP contribution is -2.55. The van der Waals surface area contributed by atoms with Crippen molar-refractivity contribution < 1.29 is 34.3 Å². The molecule has 30 heavy (non-hydrogen) atoms. The molecule has 1 heterocycles. The van der Waals surface area contributed by atoms with E-state index in [1.807, 2.05) is 24.3 Å². The van der Waals surface area contributed by atoms with Gasteiger partial charge in [-0.25, -0.2) is 4.39 Å². The van der Waals surface area contributed by atoms with Gasteiger partial charge in [0.2, 0.25) is 0 Å². The van der Waals surface area contributed by atoms with Gasteiger partial charge in [0.25, 0.3) is 0 Å². The molecule has 0 bridgehead atoms. The van der Waals surface area contributed by atoms with E-state index in [2.05, 4.69) is 0 Å². The zero-order valence-electron chi connectivity index (χ0n) is 16.8. The van der Waals surface area contributed by atoms with Crippen molar-refractivity contribution in [3.05, 3.63) is 64.0 Å². The highest BCUT2D eigenvalue weighted by molar-refractivity contribution is 5.47. The van der Waals surface area contributed by atoms with Crippen LogP contribution in [0, 0.1) is 5.82 Å². The van der Waals surface area contributed by atoms with Gasteiger partial charge in [-0.05, 0) is 65.3 Å². The number of aliphatic hydroxyl groups is 4. The Labute approximate surface area is 174 Å². The van der Waals surface area contributed by atoms with Crippen LogP contribution in [0.2, 0.25) is 0 Å². The molecule has 0 amide bonds. The first-order chi connectivity index (χ1) is 14.4. The van der Waals surface area contributed by atoms with E-state index in [0.717, 1.165) is 23.3 Å². The first-order valence-corrected chi connectivity index (χ1v) is 10.2. The minimum atomic E-state index is -1.46. The number of fused-ring (bicyclic) bond motifs is 1. The highest BCUT2D eigenvalue weighted by atomic mass is 19.1. The minimum absolute atomic E-state index is 0.244. The third-order valence-corrected chi connectivity index (χ3v) is 6.20. The Bertz CT molecular complexity index is 898. The lowest BCUT2D eigenvalue weighted by Gasteiger charge is -2.41. The summed E-state index contributed by atoms with van der Waals surface area (Å²) >= 11 is 0.